The summed E-state index contributed by atoms with van der Waals surface area (Å²) in [6.07, 6.45) is 5.75. The molecule has 25 heavy (non-hydrogen) atoms. The first-order valence-corrected chi connectivity index (χ1v) is 8.37. The van der Waals surface area contributed by atoms with Crippen LogP contribution in [0.1, 0.15) is 12.2 Å². The minimum Gasteiger partial charge on any atom is -0.469 e. The van der Waals surface area contributed by atoms with E-state index in [9.17, 15) is 0 Å². The number of fused-ring (bicyclic) bond motifs is 1. The number of hydrogen-bond donors (Lipinski definition) is 2. The maximum absolute atomic E-state index is 5.32. The molecule has 0 aliphatic heterocycles. The summed E-state index contributed by atoms with van der Waals surface area (Å²) in [6.45, 7) is 2.67. The SMILES string of the molecule is CN=C(NCCCn1ccc2ccccc21)NCCc1ccco1.I. The molecule has 0 aliphatic rings. The molecule has 1 aromatic carbocycles. The maximum Gasteiger partial charge on any atom is 0.190 e. The van der Waals surface area contributed by atoms with Crippen LogP contribution in [0.2, 0.25) is 0 Å². The molecular weight excluding hydrogens is 427 g/mol. The molecule has 134 valence electrons. The molecule has 0 aliphatic carbocycles. The number of furan rings is 1. The second kappa shape index (κ2) is 10.1. The largest absolute Gasteiger partial charge is 0.469 e. The van der Waals surface area contributed by atoms with Crippen LogP contribution in [0.4, 0.5) is 0 Å². The Morgan fingerprint density at radius 2 is 1.92 bits per heavy atom. The number of hydrogen-bond acceptors (Lipinski definition) is 2. The van der Waals surface area contributed by atoms with Crippen LogP contribution < -0.4 is 10.6 Å². The molecule has 0 spiro atoms. The van der Waals surface area contributed by atoms with E-state index in [0.717, 1.165) is 44.2 Å². The molecule has 5 nitrogen and oxygen atoms in total. The van der Waals surface area contributed by atoms with Crippen molar-refractivity contribution in [2.45, 2.75) is 19.4 Å². The van der Waals surface area contributed by atoms with Gasteiger partial charge in [0.2, 0.25) is 0 Å². The van der Waals surface area contributed by atoms with Crippen LogP contribution in [0.5, 0.6) is 0 Å². The summed E-state index contributed by atoms with van der Waals surface area (Å²) in [5.41, 5.74) is 1.29. The van der Waals surface area contributed by atoms with Crippen molar-refractivity contribution in [3.05, 3.63) is 60.7 Å². The summed E-state index contributed by atoms with van der Waals surface area (Å²) in [5, 5.41) is 7.95. The van der Waals surface area contributed by atoms with Gasteiger partial charge in [-0.3, -0.25) is 4.99 Å². The molecule has 0 saturated carbocycles. The number of nitrogens with one attached hydrogen (secondary N) is 2. The number of nitrogens with zero attached hydrogens (tertiary/aromatic N) is 2. The highest BCUT2D eigenvalue weighted by molar-refractivity contribution is 14.0. The number of aromatic nitrogens is 1. The lowest BCUT2D eigenvalue weighted by Gasteiger charge is -2.12. The van der Waals surface area contributed by atoms with Crippen molar-refractivity contribution >= 4 is 40.8 Å². The van der Waals surface area contributed by atoms with E-state index in [4.69, 9.17) is 4.42 Å². The standard InChI is InChI=1S/C19H24N4O.HI/c1-20-19(22-12-9-17-7-4-15-24-17)21-11-5-13-23-14-10-16-6-2-3-8-18(16)23;/h2-4,6-8,10,14-15H,5,9,11-13H2,1H3,(H2,20,21,22);1H. The van der Waals surface area contributed by atoms with Gasteiger partial charge in [0.25, 0.3) is 0 Å². The molecule has 3 rings (SSSR count). The second-order valence-electron chi connectivity index (χ2n) is 5.68. The van der Waals surface area contributed by atoms with Crippen molar-refractivity contribution < 1.29 is 4.42 Å². The Morgan fingerprint density at radius 1 is 1.08 bits per heavy atom. The molecule has 6 heteroatoms. The zero-order valence-electron chi connectivity index (χ0n) is 14.4. The lowest BCUT2D eigenvalue weighted by molar-refractivity contribution is 0.506. The minimum atomic E-state index is 0. The Hall–Kier alpha value is -1.96. The average Bonchev–Trinajstić information content (AvgIpc) is 3.27. The molecule has 2 aromatic heterocycles. The third-order valence-electron chi connectivity index (χ3n) is 4.02. The molecule has 2 N–H and O–H groups in total. The molecule has 0 amide bonds. The Morgan fingerprint density at radius 3 is 2.72 bits per heavy atom. The number of halogens is 1. The fraction of sp³-hybridized carbons (Fsp3) is 0.316. The van der Waals surface area contributed by atoms with Gasteiger partial charge in [-0.2, -0.15) is 0 Å². The maximum atomic E-state index is 5.32. The predicted molar refractivity (Wildman–Crippen MR) is 114 cm³/mol. The molecule has 2 heterocycles. The van der Waals surface area contributed by atoms with Crippen LogP contribution in [0.15, 0.2) is 64.3 Å². The van der Waals surface area contributed by atoms with Gasteiger partial charge in [-0.05, 0) is 36.1 Å². The van der Waals surface area contributed by atoms with Crippen LogP contribution in [0, 0.1) is 0 Å². The van der Waals surface area contributed by atoms with Crippen molar-refractivity contribution in [3.8, 4) is 0 Å². The van der Waals surface area contributed by atoms with Gasteiger partial charge in [0.15, 0.2) is 5.96 Å². The molecule has 0 unspecified atom stereocenters. The Balaban J connectivity index is 0.00000225. The Kier molecular flexibility index (Phi) is 7.84. The van der Waals surface area contributed by atoms with Crippen LogP contribution in [0.3, 0.4) is 0 Å². The van der Waals surface area contributed by atoms with E-state index in [1.54, 1.807) is 13.3 Å². The quantitative estimate of drug-likeness (QED) is 0.249. The molecular formula is C19H25IN4O. The fourth-order valence-corrected chi connectivity index (χ4v) is 2.77. The Bertz CT molecular complexity index is 780. The van der Waals surface area contributed by atoms with E-state index >= 15 is 0 Å². The number of rotatable bonds is 7. The third-order valence-corrected chi connectivity index (χ3v) is 4.02. The number of para-hydroxylation sites is 1. The molecule has 3 aromatic rings. The van der Waals surface area contributed by atoms with Gasteiger partial charge in [-0.1, -0.05) is 18.2 Å². The summed E-state index contributed by atoms with van der Waals surface area (Å²) in [7, 11) is 1.79. The highest BCUT2D eigenvalue weighted by Crippen LogP contribution is 2.15. The molecule has 0 saturated heterocycles. The summed E-state index contributed by atoms with van der Waals surface area (Å²) >= 11 is 0. The van der Waals surface area contributed by atoms with Crippen LogP contribution in [-0.4, -0.2) is 30.7 Å². The number of benzene rings is 1. The summed E-state index contributed by atoms with van der Waals surface area (Å²) < 4.78 is 7.62. The predicted octanol–water partition coefficient (Wildman–Crippen LogP) is 3.65. The van der Waals surface area contributed by atoms with Crippen LogP contribution >= 0.6 is 24.0 Å². The normalized spacial score (nSPS) is 11.3. The highest BCUT2D eigenvalue weighted by Gasteiger charge is 2.01. The highest BCUT2D eigenvalue weighted by atomic mass is 127. The number of guanidine groups is 1. The van der Waals surface area contributed by atoms with Crippen LogP contribution in [0.25, 0.3) is 10.9 Å². The van der Waals surface area contributed by atoms with E-state index in [2.05, 4.69) is 56.7 Å². The zero-order chi connectivity index (χ0) is 16.6. The Labute approximate surface area is 165 Å². The van der Waals surface area contributed by atoms with Gasteiger partial charge in [0, 0.05) is 44.8 Å². The molecule has 0 atom stereocenters. The number of aryl methyl sites for hydroxylation is 1. The van der Waals surface area contributed by atoms with E-state index in [0.29, 0.717) is 0 Å². The van der Waals surface area contributed by atoms with Gasteiger partial charge in [-0.25, -0.2) is 0 Å². The van der Waals surface area contributed by atoms with Gasteiger partial charge in [-0.15, -0.1) is 24.0 Å². The molecule has 0 bridgehead atoms. The molecule has 0 fully saturated rings. The summed E-state index contributed by atoms with van der Waals surface area (Å²) in [5.74, 6) is 1.82. The van der Waals surface area contributed by atoms with Gasteiger partial charge < -0.3 is 19.6 Å². The van der Waals surface area contributed by atoms with Crippen molar-refractivity contribution in [2.24, 2.45) is 4.99 Å². The third kappa shape index (κ3) is 5.52. The van der Waals surface area contributed by atoms with E-state index in [1.165, 1.54) is 10.9 Å². The van der Waals surface area contributed by atoms with Gasteiger partial charge in [0.05, 0.1) is 6.26 Å². The van der Waals surface area contributed by atoms with Crippen molar-refractivity contribution in [3.63, 3.8) is 0 Å². The van der Waals surface area contributed by atoms with Gasteiger partial charge in [0.1, 0.15) is 5.76 Å². The zero-order valence-corrected chi connectivity index (χ0v) is 16.8. The number of aliphatic imine (C=N–C) groups is 1. The topological polar surface area (TPSA) is 54.5 Å². The van der Waals surface area contributed by atoms with E-state index < -0.39 is 0 Å². The fourth-order valence-electron chi connectivity index (χ4n) is 2.77. The summed E-state index contributed by atoms with van der Waals surface area (Å²) in [4.78, 5) is 4.25. The van der Waals surface area contributed by atoms with E-state index in [-0.39, 0.29) is 24.0 Å². The van der Waals surface area contributed by atoms with Crippen molar-refractivity contribution in [2.75, 3.05) is 20.1 Å². The van der Waals surface area contributed by atoms with Crippen molar-refractivity contribution in [1.29, 1.82) is 0 Å². The lowest BCUT2D eigenvalue weighted by atomic mass is 10.2. The van der Waals surface area contributed by atoms with Gasteiger partial charge >= 0.3 is 0 Å². The van der Waals surface area contributed by atoms with E-state index in [1.807, 2.05) is 12.1 Å². The minimum absolute atomic E-state index is 0. The smallest absolute Gasteiger partial charge is 0.190 e. The lowest BCUT2D eigenvalue weighted by Crippen LogP contribution is -2.38. The first-order chi connectivity index (χ1) is 11.9. The van der Waals surface area contributed by atoms with Crippen molar-refractivity contribution in [1.82, 2.24) is 15.2 Å². The first kappa shape index (κ1) is 19.4. The summed E-state index contributed by atoms with van der Waals surface area (Å²) in [6, 6.07) is 14.5. The van der Waals surface area contributed by atoms with Crippen LogP contribution in [-0.2, 0) is 13.0 Å². The second-order valence-corrected chi connectivity index (χ2v) is 5.68. The first-order valence-electron chi connectivity index (χ1n) is 8.37. The monoisotopic (exact) mass is 452 g/mol. The molecule has 0 radical (unpaired) electrons. The average molecular weight is 452 g/mol.